The van der Waals surface area contributed by atoms with Crippen molar-refractivity contribution in [2.24, 2.45) is 0 Å². The number of carboxylic acids is 1. The third kappa shape index (κ3) is 2.60. The Kier molecular flexibility index (Phi) is 3.21. The molecule has 2 aromatic rings. The van der Waals surface area contributed by atoms with Crippen molar-refractivity contribution in [3.63, 3.8) is 0 Å². The third-order valence-electron chi connectivity index (χ3n) is 3.58. The summed E-state index contributed by atoms with van der Waals surface area (Å²) in [7, 11) is 0. The van der Waals surface area contributed by atoms with Crippen LogP contribution in [-0.4, -0.2) is 32.3 Å². The van der Waals surface area contributed by atoms with E-state index in [0.29, 0.717) is 11.1 Å². The molecule has 0 fully saturated rings. The lowest BCUT2D eigenvalue weighted by atomic mass is 9.86. The van der Waals surface area contributed by atoms with Gasteiger partial charge in [0.2, 0.25) is 0 Å². The van der Waals surface area contributed by atoms with Crippen molar-refractivity contribution >= 4 is 23.1 Å². The highest BCUT2D eigenvalue weighted by atomic mass is 16.4. The van der Waals surface area contributed by atoms with Crippen molar-refractivity contribution in [1.29, 1.82) is 0 Å². The minimum atomic E-state index is -1.02. The van der Waals surface area contributed by atoms with Gasteiger partial charge in [-0.1, -0.05) is 0 Å². The fourth-order valence-electron chi connectivity index (χ4n) is 1.53. The number of rotatable bonds is 4. The van der Waals surface area contributed by atoms with Gasteiger partial charge < -0.3 is 19.9 Å². The van der Waals surface area contributed by atoms with E-state index in [1.165, 1.54) is 12.1 Å². The van der Waals surface area contributed by atoms with Gasteiger partial charge in [-0.3, -0.25) is 0 Å². The number of hydrogen-bond donors (Lipinski definition) is 3. The molecule has 0 radical (unpaired) electrons. The number of benzene rings is 1. The summed E-state index contributed by atoms with van der Waals surface area (Å²) in [6, 6.07) is 4.73. The molecule has 108 valence electrons. The normalized spacial score (nSPS) is 12.7. The Hall–Kier alpha value is -2.08. The first-order chi connectivity index (χ1) is 9.10. The van der Waals surface area contributed by atoms with Crippen LogP contribution >= 0.6 is 0 Å². The van der Waals surface area contributed by atoms with Gasteiger partial charge in [0.1, 0.15) is 5.52 Å². The van der Waals surface area contributed by atoms with Gasteiger partial charge in [-0.15, -0.1) is 0 Å². The minimum absolute atomic E-state index is 0.141. The molecular formula is C14H18N2O4. The maximum atomic E-state index is 10.9. The SMILES string of the molecule is CC(C)(O)C(C)(C)Nc1nc2ccc(C(=O)O)cc2o1. The van der Waals surface area contributed by atoms with Gasteiger partial charge >= 0.3 is 5.97 Å². The predicted molar refractivity (Wildman–Crippen MR) is 75.0 cm³/mol. The fraction of sp³-hybridized carbons (Fsp3) is 0.429. The Morgan fingerprint density at radius 2 is 1.95 bits per heavy atom. The predicted octanol–water partition coefficient (Wildman–Crippen LogP) is 2.49. The van der Waals surface area contributed by atoms with E-state index < -0.39 is 17.1 Å². The molecule has 1 aromatic carbocycles. The molecule has 2 rings (SSSR count). The molecular weight excluding hydrogens is 260 g/mol. The Labute approximate surface area is 116 Å². The quantitative estimate of drug-likeness (QED) is 0.795. The van der Waals surface area contributed by atoms with Crippen LogP contribution in [0.4, 0.5) is 6.01 Å². The molecule has 20 heavy (non-hydrogen) atoms. The third-order valence-corrected chi connectivity index (χ3v) is 3.58. The monoisotopic (exact) mass is 278 g/mol. The molecule has 6 heteroatoms. The van der Waals surface area contributed by atoms with E-state index in [1.54, 1.807) is 19.9 Å². The van der Waals surface area contributed by atoms with E-state index in [-0.39, 0.29) is 11.6 Å². The van der Waals surface area contributed by atoms with Crippen LogP contribution in [-0.2, 0) is 0 Å². The first-order valence-corrected chi connectivity index (χ1v) is 6.24. The van der Waals surface area contributed by atoms with Gasteiger partial charge in [0.15, 0.2) is 5.58 Å². The van der Waals surface area contributed by atoms with Crippen molar-refractivity contribution in [3.05, 3.63) is 23.8 Å². The van der Waals surface area contributed by atoms with Crippen LogP contribution in [0.15, 0.2) is 22.6 Å². The summed E-state index contributed by atoms with van der Waals surface area (Å²) in [5.74, 6) is -1.02. The molecule has 0 aliphatic heterocycles. The highest BCUT2D eigenvalue weighted by Gasteiger charge is 2.36. The van der Waals surface area contributed by atoms with Crippen LogP contribution < -0.4 is 5.32 Å². The second kappa shape index (κ2) is 4.49. The molecule has 0 atom stereocenters. The Balaban J connectivity index is 2.35. The zero-order valence-corrected chi connectivity index (χ0v) is 11.9. The molecule has 0 saturated carbocycles. The standard InChI is InChI=1S/C14H18N2O4/c1-13(2,14(3,4)19)16-12-15-9-6-5-8(11(17)18)7-10(9)20-12/h5-7,19H,1-4H3,(H,15,16)(H,17,18). The van der Waals surface area contributed by atoms with E-state index in [1.807, 2.05) is 13.8 Å². The van der Waals surface area contributed by atoms with Crippen LogP contribution in [0.1, 0.15) is 38.1 Å². The van der Waals surface area contributed by atoms with Gasteiger partial charge in [-0.2, -0.15) is 4.98 Å². The number of anilines is 1. The van der Waals surface area contributed by atoms with E-state index in [2.05, 4.69) is 10.3 Å². The molecule has 0 aliphatic carbocycles. The molecule has 0 spiro atoms. The molecule has 0 saturated heterocycles. The lowest BCUT2D eigenvalue weighted by Crippen LogP contribution is -2.51. The summed E-state index contributed by atoms with van der Waals surface area (Å²) in [5.41, 5.74) is -0.562. The summed E-state index contributed by atoms with van der Waals surface area (Å²) in [6.45, 7) is 7.02. The van der Waals surface area contributed by atoms with Crippen LogP contribution in [0, 0.1) is 0 Å². The van der Waals surface area contributed by atoms with Crippen LogP contribution in [0.25, 0.3) is 11.1 Å². The number of carbonyl (C=O) groups is 1. The van der Waals surface area contributed by atoms with Gasteiger partial charge in [0.05, 0.1) is 16.7 Å². The van der Waals surface area contributed by atoms with Crippen LogP contribution in [0.5, 0.6) is 0 Å². The van der Waals surface area contributed by atoms with Crippen molar-refractivity contribution < 1.29 is 19.4 Å². The number of fused-ring (bicyclic) bond motifs is 1. The molecule has 3 N–H and O–H groups in total. The summed E-state index contributed by atoms with van der Waals surface area (Å²) < 4.78 is 5.49. The minimum Gasteiger partial charge on any atom is -0.478 e. The molecule has 1 heterocycles. The number of aromatic nitrogens is 1. The van der Waals surface area contributed by atoms with E-state index in [9.17, 15) is 9.90 Å². The lowest BCUT2D eigenvalue weighted by Gasteiger charge is -2.37. The number of hydrogen-bond acceptors (Lipinski definition) is 5. The van der Waals surface area contributed by atoms with Gasteiger partial charge in [-0.05, 0) is 45.9 Å². The zero-order chi connectivity index (χ0) is 15.1. The second-order valence-electron chi connectivity index (χ2n) is 5.82. The van der Waals surface area contributed by atoms with Crippen molar-refractivity contribution in [3.8, 4) is 0 Å². The number of carboxylic acid groups (broad SMARTS) is 1. The maximum absolute atomic E-state index is 10.9. The van der Waals surface area contributed by atoms with E-state index >= 15 is 0 Å². The summed E-state index contributed by atoms with van der Waals surface area (Å²) in [6.07, 6.45) is 0. The molecule has 0 aliphatic rings. The fourth-order valence-corrected chi connectivity index (χ4v) is 1.53. The van der Waals surface area contributed by atoms with Gasteiger partial charge in [-0.25, -0.2) is 4.79 Å². The van der Waals surface area contributed by atoms with E-state index in [4.69, 9.17) is 9.52 Å². The van der Waals surface area contributed by atoms with Crippen molar-refractivity contribution in [2.45, 2.75) is 38.8 Å². The lowest BCUT2D eigenvalue weighted by molar-refractivity contribution is 0.0230. The summed E-state index contributed by atoms with van der Waals surface area (Å²) >= 11 is 0. The smallest absolute Gasteiger partial charge is 0.335 e. The van der Waals surface area contributed by atoms with Crippen molar-refractivity contribution in [2.75, 3.05) is 5.32 Å². The Morgan fingerprint density at radius 1 is 1.30 bits per heavy atom. The highest BCUT2D eigenvalue weighted by Crippen LogP contribution is 2.28. The molecule has 1 aromatic heterocycles. The number of oxazole rings is 1. The Morgan fingerprint density at radius 3 is 2.50 bits per heavy atom. The Bertz CT molecular complexity index is 653. The molecule has 0 amide bonds. The average Bonchev–Trinajstić information content (AvgIpc) is 2.67. The highest BCUT2D eigenvalue weighted by molar-refractivity contribution is 5.92. The summed E-state index contributed by atoms with van der Waals surface area (Å²) in [5, 5.41) is 22.0. The van der Waals surface area contributed by atoms with Crippen LogP contribution in [0.3, 0.4) is 0 Å². The maximum Gasteiger partial charge on any atom is 0.335 e. The number of aromatic carboxylic acids is 1. The zero-order valence-electron chi connectivity index (χ0n) is 11.9. The van der Waals surface area contributed by atoms with Gasteiger partial charge in [0.25, 0.3) is 6.01 Å². The average molecular weight is 278 g/mol. The number of nitrogens with one attached hydrogen (secondary N) is 1. The van der Waals surface area contributed by atoms with Crippen molar-refractivity contribution in [1.82, 2.24) is 4.98 Å². The topological polar surface area (TPSA) is 95.6 Å². The first kappa shape index (κ1) is 14.3. The molecule has 0 unspecified atom stereocenters. The summed E-state index contributed by atoms with van der Waals surface area (Å²) in [4.78, 5) is 15.1. The molecule has 0 bridgehead atoms. The van der Waals surface area contributed by atoms with Gasteiger partial charge in [0, 0.05) is 0 Å². The first-order valence-electron chi connectivity index (χ1n) is 6.24. The van der Waals surface area contributed by atoms with Crippen LogP contribution in [0.2, 0.25) is 0 Å². The largest absolute Gasteiger partial charge is 0.478 e. The second-order valence-corrected chi connectivity index (χ2v) is 5.82. The number of nitrogens with zero attached hydrogens (tertiary/aromatic N) is 1. The molecule has 6 nitrogen and oxygen atoms in total. The van der Waals surface area contributed by atoms with E-state index in [0.717, 1.165) is 0 Å². The number of aliphatic hydroxyl groups is 1.